The Morgan fingerprint density at radius 1 is 1.05 bits per heavy atom. The van der Waals surface area contributed by atoms with Crippen molar-refractivity contribution in [2.45, 2.75) is 51.6 Å². The van der Waals surface area contributed by atoms with E-state index in [0.29, 0.717) is 12.5 Å². The number of piperidine rings is 1. The number of ether oxygens (including phenoxy) is 1. The lowest BCUT2D eigenvalue weighted by molar-refractivity contribution is -0.0810. The largest absolute Gasteiger partial charge is 0.373 e. The summed E-state index contributed by atoms with van der Waals surface area (Å²) in [5, 5.41) is 8.21. The first-order valence-electron chi connectivity index (χ1n) is 14.7. The monoisotopic (exact) mass is 533 g/mol. The molecule has 10 heteroatoms. The maximum Gasteiger partial charge on any atom is 0.228 e. The van der Waals surface area contributed by atoms with Crippen molar-refractivity contribution < 1.29 is 4.74 Å². The van der Waals surface area contributed by atoms with E-state index in [2.05, 4.69) is 49.2 Å². The number of fused-ring (bicyclic) bond motifs is 1. The minimum atomic E-state index is 0.0604. The molecule has 3 fully saturated rings. The highest BCUT2D eigenvalue weighted by atomic mass is 16.5. The number of hydrogen-bond donors (Lipinski definition) is 1. The van der Waals surface area contributed by atoms with Crippen LogP contribution in [-0.4, -0.2) is 94.2 Å². The molecule has 1 atom stereocenters. The lowest BCUT2D eigenvalue weighted by Crippen LogP contribution is -2.50. The van der Waals surface area contributed by atoms with Gasteiger partial charge in [0.05, 0.1) is 17.9 Å². The van der Waals surface area contributed by atoms with E-state index < -0.39 is 0 Å². The van der Waals surface area contributed by atoms with E-state index in [1.807, 2.05) is 30.9 Å². The van der Waals surface area contributed by atoms with Gasteiger partial charge in [0.2, 0.25) is 5.95 Å². The number of nitrogens with one attached hydrogen (secondary N) is 1. The molecule has 2 aliphatic heterocycles. The van der Waals surface area contributed by atoms with Gasteiger partial charge in [-0.2, -0.15) is 10.1 Å². The highest BCUT2D eigenvalue weighted by molar-refractivity contribution is 5.88. The standard InChI is InChI=1S/C29H43N9O/c1-22-25-26(35(3)34-22)27(31-13-19-39-29(2)10-7-11-29)33-28(32-25)38-14-6-8-23(21-38)20-36-15-17-37(18-16-36)24-9-4-5-12-30-24/h4-5,9,12,23H,6-8,10-11,13-21H2,1-3H3,(H,31,32,33). The van der Waals surface area contributed by atoms with Crippen molar-refractivity contribution in [2.75, 3.05) is 74.1 Å². The van der Waals surface area contributed by atoms with Gasteiger partial charge in [-0.3, -0.25) is 9.58 Å². The van der Waals surface area contributed by atoms with Crippen molar-refractivity contribution >= 4 is 28.6 Å². The van der Waals surface area contributed by atoms with Gasteiger partial charge in [-0.15, -0.1) is 0 Å². The zero-order valence-corrected chi connectivity index (χ0v) is 23.8. The number of rotatable bonds is 9. The van der Waals surface area contributed by atoms with Crippen LogP contribution in [0, 0.1) is 12.8 Å². The number of hydrogen-bond acceptors (Lipinski definition) is 9. The predicted octanol–water partition coefficient (Wildman–Crippen LogP) is 3.48. The van der Waals surface area contributed by atoms with Gasteiger partial charge in [0.15, 0.2) is 5.82 Å². The van der Waals surface area contributed by atoms with E-state index in [-0.39, 0.29) is 5.60 Å². The third-order valence-corrected chi connectivity index (χ3v) is 8.76. The van der Waals surface area contributed by atoms with Gasteiger partial charge in [-0.1, -0.05) is 6.07 Å². The third-order valence-electron chi connectivity index (χ3n) is 8.76. The molecule has 0 radical (unpaired) electrons. The molecule has 39 heavy (non-hydrogen) atoms. The zero-order valence-electron chi connectivity index (χ0n) is 23.8. The molecule has 1 unspecified atom stereocenters. The highest BCUT2D eigenvalue weighted by Crippen LogP contribution is 2.34. The van der Waals surface area contributed by atoms with Crippen LogP contribution in [0.15, 0.2) is 24.4 Å². The number of piperazine rings is 1. The lowest BCUT2D eigenvalue weighted by atomic mass is 9.82. The van der Waals surface area contributed by atoms with Gasteiger partial charge in [0.25, 0.3) is 0 Å². The molecule has 0 bridgehead atoms. The van der Waals surface area contributed by atoms with Crippen molar-refractivity contribution in [3.8, 4) is 0 Å². The van der Waals surface area contributed by atoms with Crippen LogP contribution in [-0.2, 0) is 11.8 Å². The number of nitrogens with zero attached hydrogens (tertiary/aromatic N) is 8. The second kappa shape index (κ2) is 11.3. The van der Waals surface area contributed by atoms with E-state index in [1.54, 1.807) is 0 Å². The summed E-state index contributed by atoms with van der Waals surface area (Å²) in [6.45, 7) is 13.0. The summed E-state index contributed by atoms with van der Waals surface area (Å²) in [6.07, 6.45) is 7.90. The fraction of sp³-hybridized carbons (Fsp3) is 0.655. The summed E-state index contributed by atoms with van der Waals surface area (Å²) >= 11 is 0. The van der Waals surface area contributed by atoms with Gasteiger partial charge < -0.3 is 19.9 Å². The highest BCUT2D eigenvalue weighted by Gasteiger charge is 2.32. The second-order valence-corrected chi connectivity index (χ2v) is 11.8. The quantitative estimate of drug-likeness (QED) is 0.416. The molecule has 3 aliphatic rings. The summed E-state index contributed by atoms with van der Waals surface area (Å²) in [6, 6.07) is 6.16. The lowest BCUT2D eigenvalue weighted by Gasteiger charge is -2.39. The number of anilines is 3. The van der Waals surface area contributed by atoms with Gasteiger partial charge in [0.1, 0.15) is 16.9 Å². The summed E-state index contributed by atoms with van der Waals surface area (Å²) in [4.78, 5) is 22.0. The van der Waals surface area contributed by atoms with Crippen LogP contribution in [0.3, 0.4) is 0 Å². The normalized spacial score (nSPS) is 21.8. The van der Waals surface area contributed by atoms with Crippen molar-refractivity contribution in [3.63, 3.8) is 0 Å². The molecule has 0 aromatic carbocycles. The molecule has 210 valence electrons. The first-order valence-corrected chi connectivity index (χ1v) is 14.7. The summed E-state index contributed by atoms with van der Waals surface area (Å²) in [5.74, 6) is 3.38. The molecule has 1 aliphatic carbocycles. The first-order chi connectivity index (χ1) is 19.0. The van der Waals surface area contributed by atoms with Crippen LogP contribution < -0.4 is 15.1 Å². The minimum absolute atomic E-state index is 0.0604. The summed E-state index contributed by atoms with van der Waals surface area (Å²) in [5.41, 5.74) is 2.90. The molecule has 6 rings (SSSR count). The van der Waals surface area contributed by atoms with Crippen molar-refractivity contribution in [2.24, 2.45) is 13.0 Å². The van der Waals surface area contributed by atoms with Gasteiger partial charge in [-0.25, -0.2) is 9.97 Å². The van der Waals surface area contributed by atoms with Gasteiger partial charge in [0, 0.05) is 65.6 Å². The smallest absolute Gasteiger partial charge is 0.228 e. The van der Waals surface area contributed by atoms with Crippen LogP contribution in [0.4, 0.5) is 17.6 Å². The average molecular weight is 534 g/mol. The average Bonchev–Trinajstić information content (AvgIpc) is 3.24. The van der Waals surface area contributed by atoms with Crippen LogP contribution >= 0.6 is 0 Å². The Balaban J connectivity index is 1.10. The van der Waals surface area contributed by atoms with Crippen molar-refractivity contribution in [3.05, 3.63) is 30.1 Å². The Kier molecular flexibility index (Phi) is 7.57. The van der Waals surface area contributed by atoms with E-state index >= 15 is 0 Å². The molecule has 1 N–H and O–H groups in total. The maximum atomic E-state index is 6.15. The van der Waals surface area contributed by atoms with E-state index in [9.17, 15) is 0 Å². The molecule has 5 heterocycles. The Hall–Kier alpha value is -2.98. The molecular formula is C29H43N9O. The Bertz CT molecular complexity index is 1250. The molecule has 3 aromatic rings. The molecule has 2 saturated heterocycles. The Labute approximate surface area is 231 Å². The van der Waals surface area contributed by atoms with Crippen LogP contribution in [0.5, 0.6) is 0 Å². The fourth-order valence-electron chi connectivity index (χ4n) is 6.34. The van der Waals surface area contributed by atoms with Crippen LogP contribution in [0.25, 0.3) is 11.0 Å². The SMILES string of the molecule is Cc1nn(C)c2c(NCCOC3(C)CCC3)nc(N3CCCC(CN4CCN(c5ccccn5)CC4)C3)nc12. The zero-order chi connectivity index (χ0) is 26.8. The fourth-order valence-corrected chi connectivity index (χ4v) is 6.34. The predicted molar refractivity (Wildman–Crippen MR) is 156 cm³/mol. The number of pyridine rings is 1. The van der Waals surface area contributed by atoms with Gasteiger partial charge >= 0.3 is 0 Å². The molecule has 10 nitrogen and oxygen atoms in total. The van der Waals surface area contributed by atoms with Crippen LogP contribution in [0.2, 0.25) is 0 Å². The summed E-state index contributed by atoms with van der Waals surface area (Å²) in [7, 11) is 1.97. The van der Waals surface area contributed by atoms with E-state index in [4.69, 9.17) is 14.7 Å². The molecular weight excluding hydrogens is 490 g/mol. The Morgan fingerprint density at radius 2 is 1.90 bits per heavy atom. The van der Waals surface area contributed by atoms with Crippen molar-refractivity contribution in [1.29, 1.82) is 0 Å². The molecule has 0 amide bonds. The van der Waals surface area contributed by atoms with Crippen molar-refractivity contribution in [1.82, 2.24) is 29.6 Å². The third kappa shape index (κ3) is 5.82. The summed E-state index contributed by atoms with van der Waals surface area (Å²) < 4.78 is 8.05. The number of aromatic nitrogens is 5. The molecule has 1 saturated carbocycles. The first kappa shape index (κ1) is 26.3. The van der Waals surface area contributed by atoms with Gasteiger partial charge in [-0.05, 0) is 64.0 Å². The van der Waals surface area contributed by atoms with E-state index in [1.165, 1.54) is 19.3 Å². The van der Waals surface area contributed by atoms with Crippen LogP contribution in [0.1, 0.15) is 44.7 Å². The topological polar surface area (TPSA) is 87.5 Å². The molecule has 3 aromatic heterocycles. The number of aryl methyl sites for hydroxylation is 2. The maximum absolute atomic E-state index is 6.15. The van der Waals surface area contributed by atoms with E-state index in [0.717, 1.165) is 99.5 Å². The second-order valence-electron chi connectivity index (χ2n) is 11.8. The Morgan fingerprint density at radius 3 is 2.64 bits per heavy atom. The minimum Gasteiger partial charge on any atom is -0.373 e. The molecule has 0 spiro atoms.